The molecular weight excluding hydrogens is 234 g/mol. The molecule has 0 amide bonds. The summed E-state index contributed by atoms with van der Waals surface area (Å²) in [6.45, 7) is 0. The van der Waals surface area contributed by atoms with E-state index in [-0.39, 0.29) is 6.04 Å². The van der Waals surface area contributed by atoms with E-state index in [1.54, 1.807) is 0 Å². The molecule has 0 aliphatic heterocycles. The lowest BCUT2D eigenvalue weighted by atomic mass is 9.81. The van der Waals surface area contributed by atoms with Gasteiger partial charge in [-0.3, -0.25) is 16.3 Å². The van der Waals surface area contributed by atoms with Crippen molar-refractivity contribution >= 4 is 10.9 Å². The van der Waals surface area contributed by atoms with Crippen LogP contribution in [0.25, 0.3) is 10.9 Å². The predicted molar refractivity (Wildman–Crippen MR) is 78.4 cm³/mol. The van der Waals surface area contributed by atoms with Crippen LogP contribution in [0.4, 0.5) is 0 Å². The van der Waals surface area contributed by atoms with Gasteiger partial charge in [-0.25, -0.2) is 0 Å². The molecule has 0 radical (unpaired) electrons. The van der Waals surface area contributed by atoms with E-state index >= 15 is 0 Å². The molecule has 1 aromatic heterocycles. The minimum absolute atomic E-state index is 0.256. The highest BCUT2D eigenvalue weighted by molar-refractivity contribution is 5.79. The molecule has 1 atom stereocenters. The smallest absolute Gasteiger partial charge is 0.0705 e. The highest BCUT2D eigenvalue weighted by Crippen LogP contribution is 2.34. The van der Waals surface area contributed by atoms with Crippen LogP contribution >= 0.6 is 0 Å². The van der Waals surface area contributed by atoms with Gasteiger partial charge in [0.25, 0.3) is 0 Å². The molecule has 0 saturated heterocycles. The first-order valence-corrected chi connectivity index (χ1v) is 7.19. The molecule has 1 unspecified atom stereocenters. The third-order valence-electron chi connectivity index (χ3n) is 4.29. The molecule has 3 heteroatoms. The molecule has 3 nitrogen and oxygen atoms in total. The van der Waals surface area contributed by atoms with Gasteiger partial charge in [0.05, 0.1) is 5.52 Å². The summed E-state index contributed by atoms with van der Waals surface area (Å²) in [6, 6.07) is 10.8. The van der Waals surface area contributed by atoms with E-state index < -0.39 is 0 Å². The van der Waals surface area contributed by atoms with Crippen LogP contribution < -0.4 is 11.3 Å². The minimum atomic E-state index is 0.256. The third-order valence-corrected chi connectivity index (χ3v) is 4.29. The maximum Gasteiger partial charge on any atom is 0.0705 e. The summed E-state index contributed by atoms with van der Waals surface area (Å²) >= 11 is 0. The van der Waals surface area contributed by atoms with Crippen LogP contribution in [0.2, 0.25) is 0 Å². The van der Waals surface area contributed by atoms with Crippen LogP contribution in [-0.2, 0) is 0 Å². The van der Waals surface area contributed by atoms with Crippen molar-refractivity contribution in [2.24, 2.45) is 11.8 Å². The van der Waals surface area contributed by atoms with Gasteiger partial charge in [0.1, 0.15) is 0 Å². The van der Waals surface area contributed by atoms with Crippen molar-refractivity contribution in [2.45, 2.75) is 38.1 Å². The normalized spacial score (nSPS) is 18.6. The Hall–Kier alpha value is -1.45. The lowest BCUT2D eigenvalue weighted by Gasteiger charge is -2.30. The summed E-state index contributed by atoms with van der Waals surface area (Å²) in [5, 5.41) is 1.19. The molecule has 0 spiro atoms. The Morgan fingerprint density at radius 3 is 2.79 bits per heavy atom. The maximum atomic E-state index is 5.81. The van der Waals surface area contributed by atoms with Crippen molar-refractivity contribution in [1.29, 1.82) is 0 Å². The van der Waals surface area contributed by atoms with Gasteiger partial charge in [-0.05, 0) is 36.5 Å². The fourth-order valence-electron chi connectivity index (χ4n) is 3.25. The zero-order valence-electron chi connectivity index (χ0n) is 11.2. The zero-order valence-corrected chi connectivity index (χ0v) is 11.2. The number of hydrogen-bond donors (Lipinski definition) is 2. The number of aromatic nitrogens is 1. The molecule has 2 aromatic rings. The predicted octanol–water partition coefficient (Wildman–Crippen LogP) is 3.32. The average Bonchev–Trinajstić information content (AvgIpc) is 2.49. The second-order valence-corrected chi connectivity index (χ2v) is 5.50. The van der Waals surface area contributed by atoms with Gasteiger partial charge in [0.2, 0.25) is 0 Å². The molecule has 19 heavy (non-hydrogen) atoms. The second-order valence-electron chi connectivity index (χ2n) is 5.50. The summed E-state index contributed by atoms with van der Waals surface area (Å²) in [5.74, 6) is 6.46. The Balaban J connectivity index is 1.91. The fourth-order valence-corrected chi connectivity index (χ4v) is 3.25. The fraction of sp³-hybridized carbons (Fsp3) is 0.438. The van der Waals surface area contributed by atoms with Gasteiger partial charge < -0.3 is 0 Å². The van der Waals surface area contributed by atoms with Crippen molar-refractivity contribution < 1.29 is 0 Å². The monoisotopic (exact) mass is 255 g/mol. The summed E-state index contributed by atoms with van der Waals surface area (Å²) < 4.78 is 0. The molecule has 1 aromatic carbocycles. The van der Waals surface area contributed by atoms with Crippen LogP contribution in [0.15, 0.2) is 36.5 Å². The lowest BCUT2D eigenvalue weighted by molar-refractivity contribution is 0.273. The molecule has 3 rings (SSSR count). The Morgan fingerprint density at radius 1 is 1.16 bits per heavy atom. The molecule has 1 aliphatic carbocycles. The van der Waals surface area contributed by atoms with Crippen LogP contribution in [0.1, 0.15) is 43.7 Å². The van der Waals surface area contributed by atoms with Crippen molar-refractivity contribution in [3.05, 3.63) is 42.1 Å². The average molecular weight is 255 g/mol. The number of pyridine rings is 1. The Morgan fingerprint density at radius 2 is 2.00 bits per heavy atom. The summed E-state index contributed by atoms with van der Waals surface area (Å²) in [4.78, 5) is 4.44. The summed E-state index contributed by atoms with van der Waals surface area (Å²) in [7, 11) is 0. The van der Waals surface area contributed by atoms with Crippen LogP contribution in [0, 0.1) is 5.92 Å². The van der Waals surface area contributed by atoms with E-state index in [0.29, 0.717) is 5.92 Å². The number of nitrogens with one attached hydrogen (secondary N) is 1. The maximum absolute atomic E-state index is 5.81. The van der Waals surface area contributed by atoms with Gasteiger partial charge in [0, 0.05) is 17.6 Å². The zero-order chi connectivity index (χ0) is 13.1. The quantitative estimate of drug-likeness (QED) is 0.653. The molecule has 1 saturated carbocycles. The molecule has 1 fully saturated rings. The highest BCUT2D eigenvalue weighted by atomic mass is 15.2. The van der Waals surface area contributed by atoms with Crippen LogP contribution in [0.5, 0.6) is 0 Å². The molecular formula is C16H21N3. The van der Waals surface area contributed by atoms with E-state index in [1.165, 1.54) is 43.1 Å². The number of hydrazine groups is 1. The number of nitrogens with zero attached hydrogens (tertiary/aromatic N) is 1. The molecule has 3 N–H and O–H groups in total. The van der Waals surface area contributed by atoms with Crippen molar-refractivity contribution in [2.75, 3.05) is 0 Å². The largest absolute Gasteiger partial charge is 0.271 e. The Labute approximate surface area is 114 Å². The van der Waals surface area contributed by atoms with Gasteiger partial charge in [-0.2, -0.15) is 0 Å². The number of hydrogen-bond acceptors (Lipinski definition) is 3. The minimum Gasteiger partial charge on any atom is -0.271 e. The Bertz CT molecular complexity index is 546. The summed E-state index contributed by atoms with van der Waals surface area (Å²) in [6.07, 6.45) is 8.41. The molecule has 1 heterocycles. The second kappa shape index (κ2) is 5.68. The van der Waals surface area contributed by atoms with E-state index in [9.17, 15) is 0 Å². The molecule has 0 bridgehead atoms. The van der Waals surface area contributed by atoms with Crippen molar-refractivity contribution in [3.63, 3.8) is 0 Å². The van der Waals surface area contributed by atoms with Crippen molar-refractivity contribution in [1.82, 2.24) is 10.4 Å². The van der Waals surface area contributed by atoms with Gasteiger partial charge >= 0.3 is 0 Å². The van der Waals surface area contributed by atoms with Gasteiger partial charge in [0.15, 0.2) is 0 Å². The highest BCUT2D eigenvalue weighted by Gasteiger charge is 2.24. The Kier molecular flexibility index (Phi) is 3.76. The standard InChI is InChI=1S/C16H21N3/c17-19-16(13-5-2-1-3-6-13)14-9-8-12-7-4-10-18-15(12)11-14/h4,7-11,13,16,19H,1-3,5-6,17H2. The SMILES string of the molecule is NNC(c1ccc2cccnc2c1)C1CCCCC1. The number of nitrogens with two attached hydrogens (primary N) is 1. The van der Waals surface area contributed by atoms with Crippen LogP contribution in [0.3, 0.4) is 0 Å². The van der Waals surface area contributed by atoms with E-state index in [1.807, 2.05) is 12.3 Å². The molecule has 100 valence electrons. The first kappa shape index (κ1) is 12.6. The number of benzene rings is 1. The van der Waals surface area contributed by atoms with E-state index in [2.05, 4.69) is 34.7 Å². The van der Waals surface area contributed by atoms with Crippen molar-refractivity contribution in [3.8, 4) is 0 Å². The van der Waals surface area contributed by atoms with Gasteiger partial charge in [-0.1, -0.05) is 37.5 Å². The van der Waals surface area contributed by atoms with E-state index in [0.717, 1.165) is 5.52 Å². The summed E-state index contributed by atoms with van der Waals surface area (Å²) in [5.41, 5.74) is 5.34. The van der Waals surface area contributed by atoms with Gasteiger partial charge in [-0.15, -0.1) is 0 Å². The van der Waals surface area contributed by atoms with E-state index in [4.69, 9.17) is 5.84 Å². The molecule has 1 aliphatic rings. The third kappa shape index (κ3) is 2.62. The topological polar surface area (TPSA) is 50.9 Å². The lowest BCUT2D eigenvalue weighted by Crippen LogP contribution is -2.34. The first-order valence-electron chi connectivity index (χ1n) is 7.19. The van der Waals surface area contributed by atoms with Crippen LogP contribution in [-0.4, -0.2) is 4.98 Å². The first-order chi connectivity index (χ1) is 9.38. The number of rotatable bonds is 3. The number of fused-ring (bicyclic) bond motifs is 1.